The van der Waals surface area contributed by atoms with Gasteiger partial charge in [-0.25, -0.2) is 4.79 Å². The lowest BCUT2D eigenvalue weighted by Gasteiger charge is -2.27. The number of benzene rings is 4. The van der Waals surface area contributed by atoms with Crippen LogP contribution in [0.2, 0.25) is 0 Å². The molecule has 7 nitrogen and oxygen atoms in total. The zero-order valence-corrected chi connectivity index (χ0v) is 20.2. The molecule has 1 saturated heterocycles. The highest BCUT2D eigenvalue weighted by Gasteiger charge is 2.48. The summed E-state index contributed by atoms with van der Waals surface area (Å²) in [5.74, 6) is -2.12. The predicted octanol–water partition coefficient (Wildman–Crippen LogP) is 5.26. The molecule has 0 saturated carbocycles. The monoisotopic (exact) mass is 493 g/mol. The zero-order chi connectivity index (χ0) is 26.1. The zero-order valence-electron chi connectivity index (χ0n) is 20.2. The van der Waals surface area contributed by atoms with Crippen molar-refractivity contribution in [2.75, 3.05) is 19.1 Å². The number of anilines is 1. The minimum absolute atomic E-state index is 0.0757. The number of rotatable bonds is 5. The number of ether oxygens (including phenoxy) is 2. The van der Waals surface area contributed by atoms with Crippen LogP contribution in [0.15, 0.2) is 96.6 Å². The molecule has 1 heterocycles. The Morgan fingerprint density at radius 3 is 2.30 bits per heavy atom. The fraction of sp³-hybridized carbons (Fsp3) is 0.100. The molecule has 0 spiro atoms. The first-order chi connectivity index (χ1) is 17.9. The molecule has 4 aromatic rings. The molecule has 37 heavy (non-hydrogen) atoms. The molecule has 1 atom stereocenters. The fourth-order valence-electron chi connectivity index (χ4n) is 4.68. The molecule has 1 fully saturated rings. The van der Waals surface area contributed by atoms with Gasteiger partial charge in [-0.05, 0) is 41.1 Å². The summed E-state index contributed by atoms with van der Waals surface area (Å²) >= 11 is 0. The maximum Gasteiger partial charge on any atom is 0.337 e. The van der Waals surface area contributed by atoms with Crippen molar-refractivity contribution in [3.63, 3.8) is 0 Å². The van der Waals surface area contributed by atoms with E-state index >= 15 is 0 Å². The number of hydrogen-bond donors (Lipinski definition) is 1. The number of amides is 1. The van der Waals surface area contributed by atoms with Crippen LogP contribution in [-0.4, -0.2) is 37.0 Å². The molecule has 0 aromatic heterocycles. The number of hydrogen-bond acceptors (Lipinski definition) is 6. The van der Waals surface area contributed by atoms with E-state index in [2.05, 4.69) is 0 Å². The van der Waals surface area contributed by atoms with Crippen LogP contribution in [0, 0.1) is 0 Å². The Labute approximate surface area is 213 Å². The first-order valence-corrected chi connectivity index (χ1v) is 11.6. The van der Waals surface area contributed by atoms with Crippen molar-refractivity contribution in [3.05, 3.63) is 113 Å². The number of ketones is 1. The van der Waals surface area contributed by atoms with Gasteiger partial charge in [-0.1, -0.05) is 60.7 Å². The van der Waals surface area contributed by atoms with E-state index in [0.717, 1.165) is 10.8 Å². The first kappa shape index (κ1) is 23.8. The van der Waals surface area contributed by atoms with E-state index in [-0.39, 0.29) is 16.9 Å². The predicted molar refractivity (Wildman–Crippen MR) is 140 cm³/mol. The van der Waals surface area contributed by atoms with Crippen molar-refractivity contribution in [1.29, 1.82) is 0 Å². The number of Topliss-reactive ketones (excluding diaryl/α,β-unsaturated/α-hetero) is 1. The Kier molecular flexibility index (Phi) is 6.19. The summed E-state index contributed by atoms with van der Waals surface area (Å²) < 4.78 is 10.4. The van der Waals surface area contributed by atoms with Crippen molar-refractivity contribution in [3.8, 4) is 5.75 Å². The molecular weight excluding hydrogens is 470 g/mol. The Morgan fingerprint density at radius 2 is 1.54 bits per heavy atom. The van der Waals surface area contributed by atoms with E-state index in [1.807, 2.05) is 30.3 Å². The molecule has 1 aliphatic rings. The number of para-hydroxylation sites is 1. The van der Waals surface area contributed by atoms with Gasteiger partial charge >= 0.3 is 5.97 Å². The Bertz CT molecular complexity index is 1590. The molecule has 0 bridgehead atoms. The quantitative estimate of drug-likeness (QED) is 0.176. The lowest BCUT2D eigenvalue weighted by Crippen LogP contribution is -2.29. The Morgan fingerprint density at radius 1 is 0.811 bits per heavy atom. The molecule has 184 valence electrons. The van der Waals surface area contributed by atoms with Crippen LogP contribution in [-0.2, 0) is 14.3 Å². The van der Waals surface area contributed by atoms with Gasteiger partial charge in [-0.15, -0.1) is 0 Å². The highest BCUT2D eigenvalue weighted by molar-refractivity contribution is 6.51. The highest BCUT2D eigenvalue weighted by atomic mass is 16.5. The van der Waals surface area contributed by atoms with Crippen LogP contribution >= 0.6 is 0 Å². The smallest absolute Gasteiger partial charge is 0.337 e. The maximum absolute atomic E-state index is 13.5. The van der Waals surface area contributed by atoms with Crippen LogP contribution in [0.5, 0.6) is 5.75 Å². The molecule has 0 aliphatic carbocycles. The highest BCUT2D eigenvalue weighted by Crippen LogP contribution is 2.45. The number of aliphatic hydroxyl groups is 1. The Balaban J connectivity index is 1.75. The summed E-state index contributed by atoms with van der Waals surface area (Å²) in [7, 11) is 2.76. The van der Waals surface area contributed by atoms with Gasteiger partial charge in [0, 0.05) is 16.8 Å². The number of carbonyl (C=O) groups excluding carboxylic acids is 3. The number of methoxy groups -OCH3 is 2. The standard InChI is InChI=1S/C30H23NO6/c1-36-24-13-6-5-12-23(24)26-25(27(32)20-15-14-18-8-3-4-9-19(18)16-20)28(33)29(34)31(26)22-11-7-10-21(17-22)30(35)37-2/h3-17,26,32H,1-2H3/b27-25+. The maximum atomic E-state index is 13.5. The Hall–Kier alpha value is -4.91. The minimum Gasteiger partial charge on any atom is -0.507 e. The third-order valence-corrected chi connectivity index (χ3v) is 6.45. The van der Waals surface area contributed by atoms with E-state index in [4.69, 9.17) is 9.47 Å². The van der Waals surface area contributed by atoms with Crippen LogP contribution in [0.1, 0.15) is 27.5 Å². The van der Waals surface area contributed by atoms with Gasteiger partial charge in [0.1, 0.15) is 11.5 Å². The lowest BCUT2D eigenvalue weighted by atomic mass is 9.93. The second-order valence-corrected chi connectivity index (χ2v) is 8.51. The third-order valence-electron chi connectivity index (χ3n) is 6.45. The average Bonchev–Trinajstić information content (AvgIpc) is 3.21. The largest absolute Gasteiger partial charge is 0.507 e. The molecule has 1 unspecified atom stereocenters. The summed E-state index contributed by atoms with van der Waals surface area (Å²) in [6.07, 6.45) is 0. The second kappa shape index (κ2) is 9.62. The lowest BCUT2D eigenvalue weighted by molar-refractivity contribution is -0.132. The fourth-order valence-corrected chi connectivity index (χ4v) is 4.68. The molecule has 1 N–H and O–H groups in total. The van der Waals surface area contributed by atoms with E-state index in [9.17, 15) is 19.5 Å². The number of nitrogens with zero attached hydrogens (tertiary/aromatic N) is 1. The molecular formula is C30H23NO6. The average molecular weight is 494 g/mol. The summed E-state index contributed by atoms with van der Waals surface area (Å²) in [5, 5.41) is 13.3. The molecule has 5 rings (SSSR count). The molecule has 0 radical (unpaired) electrons. The van der Waals surface area contributed by atoms with Crippen LogP contribution < -0.4 is 9.64 Å². The van der Waals surface area contributed by atoms with Gasteiger partial charge in [0.2, 0.25) is 0 Å². The minimum atomic E-state index is -1.00. The molecule has 4 aromatic carbocycles. The van der Waals surface area contributed by atoms with Crippen molar-refractivity contribution in [2.45, 2.75) is 6.04 Å². The van der Waals surface area contributed by atoms with E-state index < -0.39 is 23.7 Å². The number of carbonyl (C=O) groups is 3. The molecule has 1 amide bonds. The molecule has 1 aliphatic heterocycles. The summed E-state index contributed by atoms with van der Waals surface area (Å²) in [6.45, 7) is 0. The van der Waals surface area contributed by atoms with Crippen molar-refractivity contribution < 1.29 is 29.0 Å². The first-order valence-electron chi connectivity index (χ1n) is 11.6. The number of fused-ring (bicyclic) bond motifs is 1. The third kappa shape index (κ3) is 4.10. The van der Waals surface area contributed by atoms with Gasteiger partial charge in [0.25, 0.3) is 11.7 Å². The summed E-state index contributed by atoms with van der Waals surface area (Å²) in [4.78, 5) is 40.4. The van der Waals surface area contributed by atoms with Gasteiger partial charge < -0.3 is 14.6 Å². The van der Waals surface area contributed by atoms with Gasteiger partial charge in [-0.2, -0.15) is 0 Å². The van der Waals surface area contributed by atoms with Crippen molar-refractivity contribution in [2.24, 2.45) is 0 Å². The van der Waals surface area contributed by atoms with E-state index in [0.29, 0.717) is 22.6 Å². The summed E-state index contributed by atoms with van der Waals surface area (Å²) in [5.41, 5.74) is 1.36. The van der Waals surface area contributed by atoms with Crippen LogP contribution in [0.4, 0.5) is 5.69 Å². The number of esters is 1. The van der Waals surface area contributed by atoms with Gasteiger partial charge in [0.15, 0.2) is 0 Å². The van der Waals surface area contributed by atoms with Crippen molar-refractivity contribution >= 4 is 39.9 Å². The second-order valence-electron chi connectivity index (χ2n) is 8.51. The molecule has 7 heteroatoms. The SMILES string of the molecule is COC(=O)c1cccc(N2C(=O)C(=O)/C(=C(/O)c3ccc4ccccc4c3)C2c2ccccc2OC)c1. The van der Waals surface area contributed by atoms with Gasteiger partial charge in [-0.3, -0.25) is 14.5 Å². The van der Waals surface area contributed by atoms with Gasteiger partial charge in [0.05, 0.1) is 31.4 Å². The van der Waals surface area contributed by atoms with Crippen LogP contribution in [0.3, 0.4) is 0 Å². The van der Waals surface area contributed by atoms with E-state index in [1.165, 1.54) is 25.2 Å². The van der Waals surface area contributed by atoms with Crippen LogP contribution in [0.25, 0.3) is 16.5 Å². The number of aliphatic hydroxyl groups excluding tert-OH is 1. The van der Waals surface area contributed by atoms with Crippen molar-refractivity contribution in [1.82, 2.24) is 0 Å². The topological polar surface area (TPSA) is 93.1 Å². The normalized spacial score (nSPS) is 16.7. The summed E-state index contributed by atoms with van der Waals surface area (Å²) in [6, 6.07) is 25.2. The van der Waals surface area contributed by atoms with E-state index in [1.54, 1.807) is 54.6 Å².